The first kappa shape index (κ1) is 13.2. The van der Waals surface area contributed by atoms with Gasteiger partial charge in [0, 0.05) is 18.5 Å². The first-order chi connectivity index (χ1) is 8.67. The van der Waals surface area contributed by atoms with E-state index in [1.165, 1.54) is 0 Å². The van der Waals surface area contributed by atoms with Crippen molar-refractivity contribution in [2.45, 2.75) is 25.8 Å². The van der Waals surface area contributed by atoms with E-state index in [-0.39, 0.29) is 5.91 Å². The molecule has 0 spiro atoms. The van der Waals surface area contributed by atoms with Gasteiger partial charge < -0.3 is 9.64 Å². The average molecular weight is 268 g/mol. The van der Waals surface area contributed by atoms with Crippen molar-refractivity contribution in [1.82, 2.24) is 4.90 Å². The summed E-state index contributed by atoms with van der Waals surface area (Å²) >= 11 is 5.78. The van der Waals surface area contributed by atoms with Crippen LogP contribution in [-0.4, -0.2) is 36.4 Å². The molecule has 1 amide bonds. The highest BCUT2D eigenvalue weighted by atomic mass is 35.5. The molecule has 18 heavy (non-hydrogen) atoms. The zero-order valence-corrected chi connectivity index (χ0v) is 11.5. The molecule has 1 aromatic rings. The maximum atomic E-state index is 12.5. The zero-order valence-electron chi connectivity index (χ0n) is 10.8. The number of ether oxygens (including phenoxy) is 1. The fourth-order valence-electron chi connectivity index (χ4n) is 2.07. The van der Waals surface area contributed by atoms with Crippen LogP contribution < -0.4 is 4.74 Å². The van der Waals surface area contributed by atoms with Crippen molar-refractivity contribution in [3.8, 4) is 5.75 Å². The third kappa shape index (κ3) is 2.78. The minimum atomic E-state index is 0.0266. The number of carbonyl (C=O) groups excluding carboxylic acids is 1. The molecule has 3 nitrogen and oxygen atoms in total. The van der Waals surface area contributed by atoms with Crippen molar-refractivity contribution in [2.24, 2.45) is 0 Å². The Morgan fingerprint density at radius 3 is 2.78 bits per heavy atom. The van der Waals surface area contributed by atoms with Gasteiger partial charge >= 0.3 is 0 Å². The molecule has 1 aliphatic rings. The fraction of sp³-hybridized carbons (Fsp3) is 0.500. The largest absolute Gasteiger partial charge is 0.496 e. The number of alkyl halides is 1. The number of carbonyl (C=O) groups is 1. The number of rotatable bonds is 5. The maximum absolute atomic E-state index is 12.5. The molecule has 0 radical (unpaired) electrons. The van der Waals surface area contributed by atoms with Gasteiger partial charge in [0.2, 0.25) is 0 Å². The summed E-state index contributed by atoms with van der Waals surface area (Å²) in [6.45, 7) is 2.57. The molecule has 1 saturated carbocycles. The Morgan fingerprint density at radius 2 is 2.22 bits per heavy atom. The number of methoxy groups -OCH3 is 1. The lowest BCUT2D eigenvalue weighted by Gasteiger charge is -2.22. The van der Waals surface area contributed by atoms with E-state index in [4.69, 9.17) is 16.3 Å². The van der Waals surface area contributed by atoms with Gasteiger partial charge in [-0.1, -0.05) is 11.6 Å². The number of hydrogen-bond donors (Lipinski definition) is 0. The first-order valence-electron chi connectivity index (χ1n) is 6.19. The molecule has 98 valence electrons. The number of aryl methyl sites for hydroxylation is 1. The van der Waals surface area contributed by atoms with Crippen LogP contribution in [0.5, 0.6) is 5.75 Å². The Balaban J connectivity index is 2.28. The first-order valence-corrected chi connectivity index (χ1v) is 6.72. The summed E-state index contributed by atoms with van der Waals surface area (Å²) in [6, 6.07) is 6.03. The molecule has 1 aliphatic carbocycles. The zero-order chi connectivity index (χ0) is 13.1. The van der Waals surface area contributed by atoms with E-state index in [1.807, 2.05) is 30.0 Å². The van der Waals surface area contributed by atoms with E-state index in [1.54, 1.807) is 7.11 Å². The van der Waals surface area contributed by atoms with Crippen molar-refractivity contribution in [1.29, 1.82) is 0 Å². The highest BCUT2D eigenvalue weighted by Gasteiger charge is 2.33. The highest BCUT2D eigenvalue weighted by Crippen LogP contribution is 2.30. The second-order valence-corrected chi connectivity index (χ2v) is 5.00. The number of benzene rings is 1. The Bertz CT molecular complexity index is 443. The summed E-state index contributed by atoms with van der Waals surface area (Å²) in [7, 11) is 1.59. The molecular formula is C14H18ClNO2. The van der Waals surface area contributed by atoms with Crippen molar-refractivity contribution in [2.75, 3.05) is 19.5 Å². The van der Waals surface area contributed by atoms with Gasteiger partial charge in [0.1, 0.15) is 5.75 Å². The molecule has 4 heteroatoms. The third-order valence-corrected chi connectivity index (χ3v) is 3.33. The SMILES string of the molecule is COc1ccc(C)cc1C(=O)N(CCCl)C1CC1. The highest BCUT2D eigenvalue weighted by molar-refractivity contribution is 6.18. The van der Waals surface area contributed by atoms with Crippen LogP contribution in [-0.2, 0) is 0 Å². The monoisotopic (exact) mass is 267 g/mol. The minimum absolute atomic E-state index is 0.0266. The minimum Gasteiger partial charge on any atom is -0.496 e. The van der Waals surface area contributed by atoms with Crippen molar-refractivity contribution >= 4 is 17.5 Å². The van der Waals surface area contributed by atoms with Gasteiger partial charge in [-0.2, -0.15) is 0 Å². The van der Waals surface area contributed by atoms with E-state index >= 15 is 0 Å². The quantitative estimate of drug-likeness (QED) is 0.768. The van der Waals surface area contributed by atoms with Gasteiger partial charge in [-0.05, 0) is 31.9 Å². The molecule has 0 heterocycles. The normalized spacial score (nSPS) is 14.4. The molecule has 0 aromatic heterocycles. The molecular weight excluding hydrogens is 250 g/mol. The number of halogens is 1. The van der Waals surface area contributed by atoms with Crippen LogP contribution in [0.2, 0.25) is 0 Å². The molecule has 0 bridgehead atoms. The Hall–Kier alpha value is -1.22. The Morgan fingerprint density at radius 1 is 1.50 bits per heavy atom. The Kier molecular flexibility index (Phi) is 4.12. The predicted molar refractivity (Wildman–Crippen MR) is 72.5 cm³/mol. The fourth-order valence-corrected chi connectivity index (χ4v) is 2.25. The van der Waals surface area contributed by atoms with E-state index in [0.29, 0.717) is 29.8 Å². The third-order valence-electron chi connectivity index (χ3n) is 3.16. The molecule has 0 N–H and O–H groups in total. The molecule has 0 atom stereocenters. The van der Waals surface area contributed by atoms with Crippen LogP contribution in [0.4, 0.5) is 0 Å². The summed E-state index contributed by atoms with van der Waals surface area (Å²) in [5, 5.41) is 0. The standard InChI is InChI=1S/C14H18ClNO2/c1-10-3-6-13(18-2)12(9-10)14(17)16(8-7-15)11-4-5-11/h3,6,9,11H,4-5,7-8H2,1-2H3. The Labute approximate surface area is 113 Å². The molecule has 0 aliphatic heterocycles. The van der Waals surface area contributed by atoms with Gasteiger partial charge in [-0.3, -0.25) is 4.79 Å². The van der Waals surface area contributed by atoms with Gasteiger partial charge in [0.15, 0.2) is 0 Å². The van der Waals surface area contributed by atoms with Gasteiger partial charge in [-0.25, -0.2) is 0 Å². The average Bonchev–Trinajstić information content (AvgIpc) is 3.19. The summed E-state index contributed by atoms with van der Waals surface area (Å²) in [5.41, 5.74) is 1.69. The summed E-state index contributed by atoms with van der Waals surface area (Å²) < 4.78 is 5.27. The summed E-state index contributed by atoms with van der Waals surface area (Å²) in [5.74, 6) is 1.13. The number of amides is 1. The molecule has 0 unspecified atom stereocenters. The van der Waals surface area contributed by atoms with Gasteiger partial charge in [-0.15, -0.1) is 11.6 Å². The van der Waals surface area contributed by atoms with E-state index in [2.05, 4.69) is 0 Å². The van der Waals surface area contributed by atoms with Crippen LogP contribution >= 0.6 is 11.6 Å². The molecule has 2 rings (SSSR count). The lowest BCUT2D eigenvalue weighted by atomic mass is 10.1. The van der Waals surface area contributed by atoms with Crippen LogP contribution in [0.25, 0.3) is 0 Å². The molecule has 0 saturated heterocycles. The molecule has 1 fully saturated rings. The van der Waals surface area contributed by atoms with Crippen LogP contribution in [0, 0.1) is 6.92 Å². The summed E-state index contributed by atoms with van der Waals surface area (Å²) in [4.78, 5) is 14.4. The van der Waals surface area contributed by atoms with Gasteiger partial charge in [0.05, 0.1) is 12.7 Å². The van der Waals surface area contributed by atoms with Crippen LogP contribution in [0.1, 0.15) is 28.8 Å². The van der Waals surface area contributed by atoms with Crippen molar-refractivity contribution < 1.29 is 9.53 Å². The van der Waals surface area contributed by atoms with Crippen molar-refractivity contribution in [3.05, 3.63) is 29.3 Å². The second-order valence-electron chi connectivity index (χ2n) is 4.62. The lowest BCUT2D eigenvalue weighted by Crippen LogP contribution is -2.35. The maximum Gasteiger partial charge on any atom is 0.257 e. The topological polar surface area (TPSA) is 29.5 Å². The van der Waals surface area contributed by atoms with Gasteiger partial charge in [0.25, 0.3) is 5.91 Å². The number of nitrogens with zero attached hydrogens (tertiary/aromatic N) is 1. The van der Waals surface area contributed by atoms with E-state index in [0.717, 1.165) is 18.4 Å². The van der Waals surface area contributed by atoms with E-state index < -0.39 is 0 Å². The number of hydrogen-bond acceptors (Lipinski definition) is 2. The summed E-state index contributed by atoms with van der Waals surface area (Å²) in [6.07, 6.45) is 2.16. The van der Waals surface area contributed by atoms with Crippen LogP contribution in [0.3, 0.4) is 0 Å². The second kappa shape index (κ2) is 5.61. The predicted octanol–water partition coefficient (Wildman–Crippen LogP) is 2.85. The van der Waals surface area contributed by atoms with Crippen LogP contribution in [0.15, 0.2) is 18.2 Å². The smallest absolute Gasteiger partial charge is 0.257 e. The van der Waals surface area contributed by atoms with E-state index in [9.17, 15) is 4.79 Å². The lowest BCUT2D eigenvalue weighted by molar-refractivity contribution is 0.0750. The molecule has 1 aromatic carbocycles. The van der Waals surface area contributed by atoms with Crippen molar-refractivity contribution in [3.63, 3.8) is 0 Å².